The fourth-order valence-electron chi connectivity index (χ4n) is 3.65. The maximum Gasteiger partial charge on any atom is 0.244 e. The molecule has 0 fully saturated rings. The number of aryl methyl sites for hydroxylation is 3. The summed E-state index contributed by atoms with van der Waals surface area (Å²) in [5.74, 6) is -0.0235. The fraction of sp³-hybridized carbons (Fsp3) is 0.273. The first kappa shape index (κ1) is 18.9. The Hall–Kier alpha value is -3.48. The number of amides is 1. The van der Waals surface area contributed by atoms with Gasteiger partial charge in [-0.1, -0.05) is 30.3 Å². The quantitative estimate of drug-likeness (QED) is 0.527. The molecule has 0 aliphatic heterocycles. The van der Waals surface area contributed by atoms with E-state index in [2.05, 4.69) is 27.3 Å². The number of rotatable bonds is 5. The highest BCUT2D eigenvalue weighted by Crippen LogP contribution is 2.29. The van der Waals surface area contributed by atoms with E-state index in [-0.39, 0.29) is 12.5 Å². The molecule has 0 bridgehead atoms. The molecule has 0 spiro atoms. The molecule has 3 aromatic heterocycles. The van der Waals surface area contributed by atoms with Crippen LogP contribution in [-0.2, 0) is 24.9 Å². The average Bonchev–Trinajstić information content (AvgIpc) is 3.20. The maximum atomic E-state index is 12.9. The summed E-state index contributed by atoms with van der Waals surface area (Å²) in [4.78, 5) is 19.1. The van der Waals surface area contributed by atoms with Crippen molar-refractivity contribution < 1.29 is 4.79 Å². The largest absolute Gasteiger partial charge is 0.340 e. The van der Waals surface area contributed by atoms with Gasteiger partial charge in [-0.15, -0.1) is 0 Å². The Kier molecular flexibility index (Phi) is 4.88. The summed E-state index contributed by atoms with van der Waals surface area (Å²) < 4.78 is 3.47. The molecule has 1 aromatic carbocycles. The first-order chi connectivity index (χ1) is 13.9. The lowest BCUT2D eigenvalue weighted by atomic mass is 10.0. The number of benzene rings is 1. The first-order valence-electron chi connectivity index (χ1n) is 9.54. The number of carbonyl (C=O) groups is 1. The summed E-state index contributed by atoms with van der Waals surface area (Å²) in [6, 6.07) is 12.2. The summed E-state index contributed by atoms with van der Waals surface area (Å²) >= 11 is 0. The third-order valence-electron chi connectivity index (χ3n) is 5.13. The smallest absolute Gasteiger partial charge is 0.244 e. The van der Waals surface area contributed by atoms with E-state index < -0.39 is 0 Å². The van der Waals surface area contributed by atoms with Crippen molar-refractivity contribution in [3.8, 4) is 11.1 Å². The molecule has 7 heteroatoms. The first-order valence-corrected chi connectivity index (χ1v) is 9.54. The molecule has 0 unspecified atom stereocenters. The Labute approximate surface area is 169 Å². The van der Waals surface area contributed by atoms with Gasteiger partial charge in [-0.25, -0.2) is 9.67 Å². The zero-order chi connectivity index (χ0) is 20.5. The summed E-state index contributed by atoms with van der Waals surface area (Å²) in [5.41, 5.74) is 5.74. The van der Waals surface area contributed by atoms with Crippen molar-refractivity contribution in [2.75, 3.05) is 7.05 Å². The number of likely N-dealkylation sites (N-methyl/N-ethyl adjacent to an activating group) is 1. The standard InChI is InChI=1S/C22H24N6O/c1-15-18(13-27(4)24-15)12-26(3)20(29)14-28-22-21(16(2)25-28)19(10-11-23-22)17-8-6-5-7-9-17/h5-11,13H,12,14H2,1-4H3. The van der Waals surface area contributed by atoms with Crippen LogP contribution in [0.4, 0.5) is 0 Å². The lowest BCUT2D eigenvalue weighted by Crippen LogP contribution is -2.30. The molecule has 4 aromatic rings. The van der Waals surface area contributed by atoms with Crippen LogP contribution in [0.1, 0.15) is 17.0 Å². The van der Waals surface area contributed by atoms with Gasteiger partial charge in [-0.2, -0.15) is 10.2 Å². The third-order valence-corrected chi connectivity index (χ3v) is 5.13. The average molecular weight is 388 g/mol. The Bertz CT molecular complexity index is 1170. The molecular weight excluding hydrogens is 364 g/mol. The maximum absolute atomic E-state index is 12.9. The van der Waals surface area contributed by atoms with Crippen LogP contribution in [0.2, 0.25) is 0 Å². The van der Waals surface area contributed by atoms with Gasteiger partial charge in [0.2, 0.25) is 5.91 Å². The molecule has 1 amide bonds. The minimum atomic E-state index is -0.0235. The van der Waals surface area contributed by atoms with Crippen LogP contribution in [0.5, 0.6) is 0 Å². The Morgan fingerprint density at radius 1 is 1.07 bits per heavy atom. The molecule has 0 aliphatic rings. The van der Waals surface area contributed by atoms with Crippen LogP contribution in [-0.4, -0.2) is 42.4 Å². The van der Waals surface area contributed by atoms with Crippen LogP contribution >= 0.6 is 0 Å². The second-order valence-electron chi connectivity index (χ2n) is 7.33. The molecule has 0 atom stereocenters. The van der Waals surface area contributed by atoms with Gasteiger partial charge in [0.25, 0.3) is 0 Å². The van der Waals surface area contributed by atoms with Gasteiger partial charge < -0.3 is 4.90 Å². The molecule has 3 heterocycles. The zero-order valence-electron chi connectivity index (χ0n) is 17.1. The molecule has 148 valence electrons. The van der Waals surface area contributed by atoms with Crippen molar-refractivity contribution in [3.05, 3.63) is 65.7 Å². The molecule has 29 heavy (non-hydrogen) atoms. The van der Waals surface area contributed by atoms with Gasteiger partial charge in [-0.05, 0) is 31.0 Å². The lowest BCUT2D eigenvalue weighted by Gasteiger charge is -2.17. The number of hydrogen-bond acceptors (Lipinski definition) is 4. The second kappa shape index (κ2) is 7.50. The molecule has 4 rings (SSSR count). The monoisotopic (exact) mass is 388 g/mol. The molecule has 7 nitrogen and oxygen atoms in total. The summed E-state index contributed by atoms with van der Waals surface area (Å²) in [6.45, 7) is 4.57. The van der Waals surface area contributed by atoms with Gasteiger partial charge in [0.15, 0.2) is 5.65 Å². The zero-order valence-corrected chi connectivity index (χ0v) is 17.1. The van der Waals surface area contributed by atoms with E-state index >= 15 is 0 Å². The summed E-state index contributed by atoms with van der Waals surface area (Å²) in [5, 5.41) is 9.94. The van der Waals surface area contributed by atoms with Crippen LogP contribution in [0, 0.1) is 13.8 Å². The Morgan fingerprint density at radius 3 is 2.52 bits per heavy atom. The van der Waals surface area contributed by atoms with E-state index in [4.69, 9.17) is 0 Å². The van der Waals surface area contributed by atoms with E-state index in [0.29, 0.717) is 6.54 Å². The molecular formula is C22H24N6O. The topological polar surface area (TPSA) is 68.8 Å². The highest BCUT2D eigenvalue weighted by Gasteiger charge is 2.18. The summed E-state index contributed by atoms with van der Waals surface area (Å²) in [6.07, 6.45) is 3.72. The van der Waals surface area contributed by atoms with E-state index in [0.717, 1.165) is 39.1 Å². The van der Waals surface area contributed by atoms with Crippen molar-refractivity contribution in [1.82, 2.24) is 29.4 Å². The number of pyridine rings is 1. The van der Waals surface area contributed by atoms with E-state index in [1.165, 1.54) is 0 Å². The molecule has 0 saturated heterocycles. The van der Waals surface area contributed by atoms with E-state index in [9.17, 15) is 4.79 Å². The Balaban J connectivity index is 1.61. The second-order valence-corrected chi connectivity index (χ2v) is 7.33. The highest BCUT2D eigenvalue weighted by atomic mass is 16.2. The molecule has 0 N–H and O–H groups in total. The van der Waals surface area contributed by atoms with Gasteiger partial charge >= 0.3 is 0 Å². The Morgan fingerprint density at radius 2 is 1.83 bits per heavy atom. The normalized spacial score (nSPS) is 11.2. The minimum absolute atomic E-state index is 0.0235. The SMILES string of the molecule is Cc1nn(C)cc1CN(C)C(=O)Cn1nc(C)c2c(-c3ccccc3)ccnc21. The number of aromatic nitrogens is 5. The van der Waals surface area contributed by atoms with Gasteiger partial charge in [0.1, 0.15) is 6.54 Å². The number of carbonyl (C=O) groups excluding carboxylic acids is 1. The fourth-order valence-corrected chi connectivity index (χ4v) is 3.65. The van der Waals surface area contributed by atoms with Gasteiger partial charge in [0.05, 0.1) is 11.4 Å². The number of fused-ring (bicyclic) bond motifs is 1. The van der Waals surface area contributed by atoms with Crippen molar-refractivity contribution in [2.45, 2.75) is 26.9 Å². The van der Waals surface area contributed by atoms with Crippen LogP contribution in [0.25, 0.3) is 22.2 Å². The molecule has 0 aliphatic carbocycles. The molecule has 0 radical (unpaired) electrons. The van der Waals surface area contributed by atoms with Crippen molar-refractivity contribution in [2.24, 2.45) is 7.05 Å². The predicted molar refractivity (Wildman–Crippen MR) is 112 cm³/mol. The van der Waals surface area contributed by atoms with Crippen molar-refractivity contribution in [3.63, 3.8) is 0 Å². The third kappa shape index (κ3) is 3.63. The molecule has 0 saturated carbocycles. The van der Waals surface area contributed by atoms with E-state index in [1.807, 2.05) is 51.4 Å². The van der Waals surface area contributed by atoms with Crippen LogP contribution < -0.4 is 0 Å². The minimum Gasteiger partial charge on any atom is -0.340 e. The van der Waals surface area contributed by atoms with Crippen molar-refractivity contribution in [1.29, 1.82) is 0 Å². The predicted octanol–water partition coefficient (Wildman–Crippen LogP) is 3.11. The summed E-state index contributed by atoms with van der Waals surface area (Å²) in [7, 11) is 3.68. The number of hydrogen-bond donors (Lipinski definition) is 0. The van der Waals surface area contributed by atoms with Gasteiger partial charge in [-0.3, -0.25) is 9.48 Å². The van der Waals surface area contributed by atoms with Crippen LogP contribution in [0.15, 0.2) is 48.8 Å². The van der Waals surface area contributed by atoms with Crippen molar-refractivity contribution >= 4 is 16.9 Å². The van der Waals surface area contributed by atoms with E-state index in [1.54, 1.807) is 27.5 Å². The highest BCUT2D eigenvalue weighted by molar-refractivity contribution is 5.95. The van der Waals surface area contributed by atoms with Gasteiger partial charge in [0, 0.05) is 44.0 Å². The lowest BCUT2D eigenvalue weighted by molar-refractivity contribution is -0.131. The number of nitrogens with zero attached hydrogens (tertiary/aromatic N) is 6. The van der Waals surface area contributed by atoms with Crippen LogP contribution in [0.3, 0.4) is 0 Å².